The van der Waals surface area contributed by atoms with Crippen LogP contribution in [-0.2, 0) is 9.59 Å². The van der Waals surface area contributed by atoms with Gasteiger partial charge in [-0.15, -0.1) is 0 Å². The molecule has 2 amide bonds. The van der Waals surface area contributed by atoms with Gasteiger partial charge in [0.25, 0.3) is 5.91 Å². The Morgan fingerprint density at radius 2 is 1.82 bits per heavy atom. The van der Waals surface area contributed by atoms with Crippen LogP contribution in [0.25, 0.3) is 11.6 Å². The molecule has 0 spiro atoms. The topological polar surface area (TPSA) is 91.6 Å². The molecule has 0 unspecified atom stereocenters. The number of rotatable bonds is 7. The van der Waals surface area contributed by atoms with Crippen LogP contribution in [0.1, 0.15) is 44.9 Å². The number of hydrogen-bond donors (Lipinski definition) is 3. The summed E-state index contributed by atoms with van der Waals surface area (Å²) < 4.78 is 18.3. The predicted molar refractivity (Wildman–Crippen MR) is 108 cm³/mol. The molecule has 28 heavy (non-hydrogen) atoms. The molecule has 0 atom stereocenters. The number of hydrogen-bond acceptors (Lipinski definition) is 4. The first-order valence-corrected chi connectivity index (χ1v) is 9.24. The van der Waals surface area contributed by atoms with Gasteiger partial charge in [0.15, 0.2) is 5.22 Å². The first-order chi connectivity index (χ1) is 13.5. The molecule has 2 rings (SSSR count). The second-order valence-electron chi connectivity index (χ2n) is 5.06. The van der Waals surface area contributed by atoms with E-state index in [2.05, 4.69) is 5.32 Å². The molecule has 3 N–H and O–H groups in total. The van der Waals surface area contributed by atoms with Crippen LogP contribution >= 0.6 is 11.6 Å². The lowest BCUT2D eigenvalue weighted by Crippen LogP contribution is -2.25. The van der Waals surface area contributed by atoms with Crippen LogP contribution in [0.2, 0.25) is 5.22 Å². The summed E-state index contributed by atoms with van der Waals surface area (Å²) in [6.07, 6.45) is 3.67. The molecule has 2 aromatic rings. The van der Waals surface area contributed by atoms with E-state index in [1.807, 2.05) is 20.8 Å². The van der Waals surface area contributed by atoms with Crippen LogP contribution in [0.15, 0.2) is 40.8 Å². The fraction of sp³-hybridized carbons (Fsp3) is 0.300. The van der Waals surface area contributed by atoms with E-state index >= 15 is 0 Å². The fourth-order valence-electron chi connectivity index (χ4n) is 1.93. The number of unbranched alkanes of at least 4 members (excludes halogenated alkanes) is 1. The zero-order valence-corrected chi connectivity index (χ0v) is 16.9. The monoisotopic (exact) mass is 412 g/mol. The maximum absolute atomic E-state index is 13.1. The Bertz CT molecular complexity index is 730. The maximum atomic E-state index is 13.1. The van der Waals surface area contributed by atoms with Crippen molar-refractivity contribution < 1.29 is 23.6 Å². The van der Waals surface area contributed by atoms with E-state index in [9.17, 15) is 9.18 Å². The molecule has 0 radical (unpaired) electrons. The van der Waals surface area contributed by atoms with Gasteiger partial charge in [-0.3, -0.25) is 14.8 Å². The van der Waals surface area contributed by atoms with E-state index in [0.717, 1.165) is 12.8 Å². The summed E-state index contributed by atoms with van der Waals surface area (Å²) in [5.41, 5.74) is 2.27. The molecule has 8 heteroatoms. The third-order valence-electron chi connectivity index (χ3n) is 3.15. The number of hydroxylamine groups is 1. The minimum absolute atomic E-state index is 0.181. The van der Waals surface area contributed by atoms with E-state index in [1.165, 1.54) is 17.6 Å². The van der Waals surface area contributed by atoms with Crippen LogP contribution in [-0.4, -0.2) is 24.1 Å². The highest BCUT2D eigenvalue weighted by molar-refractivity contribution is 6.29. The largest absolute Gasteiger partial charge is 0.445 e. The molecule has 0 bridgehead atoms. The van der Waals surface area contributed by atoms with Crippen molar-refractivity contribution in [2.75, 3.05) is 6.54 Å². The van der Waals surface area contributed by atoms with Crippen molar-refractivity contribution in [3.05, 3.63) is 58.8 Å². The minimum Gasteiger partial charge on any atom is -0.445 e. The summed E-state index contributed by atoms with van der Waals surface area (Å²) in [4.78, 5) is 21.2. The Labute approximate surface area is 169 Å². The molecule has 0 aliphatic carbocycles. The van der Waals surface area contributed by atoms with Crippen LogP contribution in [0, 0.1) is 5.82 Å². The second-order valence-corrected chi connectivity index (χ2v) is 5.44. The van der Waals surface area contributed by atoms with E-state index in [4.69, 9.17) is 26.0 Å². The Morgan fingerprint density at radius 1 is 1.21 bits per heavy atom. The quantitative estimate of drug-likeness (QED) is 0.202. The summed E-state index contributed by atoms with van der Waals surface area (Å²) in [5.74, 6) is -0.113. The van der Waals surface area contributed by atoms with Crippen molar-refractivity contribution in [3.63, 3.8) is 0 Å². The van der Waals surface area contributed by atoms with Crippen LogP contribution in [0.4, 0.5) is 4.39 Å². The van der Waals surface area contributed by atoms with Gasteiger partial charge in [-0.2, -0.15) is 0 Å². The third-order valence-corrected chi connectivity index (χ3v) is 3.35. The summed E-state index contributed by atoms with van der Waals surface area (Å²) >= 11 is 5.75. The molecular weight excluding hydrogens is 387 g/mol. The summed E-state index contributed by atoms with van der Waals surface area (Å²) in [7, 11) is 0. The lowest BCUT2D eigenvalue weighted by atomic mass is 10.0. The van der Waals surface area contributed by atoms with Crippen LogP contribution < -0.4 is 10.8 Å². The normalized spacial score (nSPS) is 10.0. The van der Waals surface area contributed by atoms with Crippen molar-refractivity contribution in [2.45, 2.75) is 33.6 Å². The lowest BCUT2D eigenvalue weighted by molar-refractivity contribution is -0.116. The van der Waals surface area contributed by atoms with Crippen LogP contribution in [0.3, 0.4) is 0 Å². The van der Waals surface area contributed by atoms with Crippen molar-refractivity contribution in [1.29, 1.82) is 0 Å². The number of amides is 2. The fourth-order valence-corrected chi connectivity index (χ4v) is 2.08. The van der Waals surface area contributed by atoms with E-state index in [1.54, 1.807) is 30.3 Å². The van der Waals surface area contributed by atoms with Crippen LogP contribution in [0.5, 0.6) is 0 Å². The SMILES string of the molecule is CC.CCCCNC(=O)/C(=C\c1ccc(Cl)o1)c1ccc(F)cc1.O=CNO. The molecule has 1 aromatic heterocycles. The smallest absolute Gasteiger partial charge is 0.252 e. The van der Waals surface area contributed by atoms with Crippen molar-refractivity contribution in [1.82, 2.24) is 10.8 Å². The van der Waals surface area contributed by atoms with Gasteiger partial charge in [0.2, 0.25) is 6.41 Å². The molecule has 154 valence electrons. The average molecular weight is 413 g/mol. The first-order valence-electron chi connectivity index (χ1n) is 8.86. The predicted octanol–water partition coefficient (Wildman–Crippen LogP) is 4.68. The number of halogens is 2. The Hall–Kier alpha value is -2.64. The highest BCUT2D eigenvalue weighted by Gasteiger charge is 2.13. The molecular formula is C20H26ClFN2O4. The van der Waals surface area contributed by atoms with E-state index in [0.29, 0.717) is 23.4 Å². The molecule has 1 heterocycles. The van der Waals surface area contributed by atoms with Gasteiger partial charge in [-0.05, 0) is 53.9 Å². The summed E-state index contributed by atoms with van der Waals surface area (Å²) in [6, 6.07) is 9.03. The lowest BCUT2D eigenvalue weighted by Gasteiger charge is -2.09. The minimum atomic E-state index is -0.351. The third kappa shape index (κ3) is 9.89. The van der Waals surface area contributed by atoms with Gasteiger partial charge >= 0.3 is 0 Å². The first kappa shape index (κ1) is 25.4. The van der Waals surface area contributed by atoms with Gasteiger partial charge in [-0.1, -0.05) is 39.3 Å². The molecule has 1 aromatic carbocycles. The van der Waals surface area contributed by atoms with Gasteiger partial charge in [0.1, 0.15) is 11.6 Å². The van der Waals surface area contributed by atoms with Crippen molar-refractivity contribution in [3.8, 4) is 0 Å². The molecule has 0 aliphatic rings. The van der Waals surface area contributed by atoms with Gasteiger partial charge in [-0.25, -0.2) is 9.87 Å². The van der Waals surface area contributed by atoms with Gasteiger partial charge < -0.3 is 9.73 Å². The average Bonchev–Trinajstić information content (AvgIpc) is 3.13. The molecule has 6 nitrogen and oxygen atoms in total. The molecule has 0 saturated carbocycles. The second kappa shape index (κ2) is 15.4. The highest BCUT2D eigenvalue weighted by atomic mass is 35.5. The standard InChI is InChI=1S/C17H17ClFNO2.C2H6.CH3NO2/c1-2-3-10-20-17(21)15(11-14-8-9-16(18)22-14)12-4-6-13(19)7-5-12;1-2;3-1-2-4/h4-9,11H,2-3,10H2,1H3,(H,20,21);1-2H3;1,4H,(H,2,3)/b15-11-;;. The highest BCUT2D eigenvalue weighted by Crippen LogP contribution is 2.22. The zero-order chi connectivity index (χ0) is 21.4. The van der Waals surface area contributed by atoms with E-state index < -0.39 is 0 Å². The zero-order valence-electron chi connectivity index (χ0n) is 16.2. The Kier molecular flexibility index (Phi) is 14.0. The maximum Gasteiger partial charge on any atom is 0.252 e. The number of carbonyl (C=O) groups excluding carboxylic acids is 2. The van der Waals surface area contributed by atoms with E-state index in [-0.39, 0.29) is 23.4 Å². The summed E-state index contributed by atoms with van der Waals surface area (Å²) in [6.45, 7) is 6.64. The summed E-state index contributed by atoms with van der Waals surface area (Å²) in [5, 5.41) is 10.4. The molecule has 0 fully saturated rings. The van der Waals surface area contributed by atoms with Crippen molar-refractivity contribution in [2.24, 2.45) is 0 Å². The molecule has 0 aliphatic heterocycles. The van der Waals surface area contributed by atoms with Crippen molar-refractivity contribution >= 4 is 35.6 Å². The van der Waals surface area contributed by atoms with Gasteiger partial charge in [0, 0.05) is 6.54 Å². The van der Waals surface area contributed by atoms with Gasteiger partial charge in [0.05, 0.1) is 5.57 Å². The number of benzene rings is 1. The Balaban J connectivity index is 0.00000108. The number of nitrogens with one attached hydrogen (secondary N) is 2. The number of furan rings is 1. The number of carbonyl (C=O) groups is 2. The Morgan fingerprint density at radius 3 is 2.29 bits per heavy atom. The molecule has 0 saturated heterocycles.